The molecule has 1 fully saturated rings. The number of aryl methyl sites for hydroxylation is 1. The second-order valence-corrected chi connectivity index (χ2v) is 5.14. The van der Waals surface area contributed by atoms with E-state index in [-0.39, 0.29) is 0 Å². The molecular weight excluding hydrogens is 242 g/mol. The van der Waals surface area contributed by atoms with Gasteiger partial charge in [0, 0.05) is 12.6 Å². The topological polar surface area (TPSA) is 66.3 Å². The molecule has 1 aliphatic rings. The highest BCUT2D eigenvalue weighted by atomic mass is 16.4. The van der Waals surface area contributed by atoms with Crippen LogP contribution >= 0.6 is 0 Å². The van der Waals surface area contributed by atoms with Gasteiger partial charge in [-0.25, -0.2) is 4.79 Å². The summed E-state index contributed by atoms with van der Waals surface area (Å²) < 4.78 is 0. The van der Waals surface area contributed by atoms with Gasteiger partial charge in [-0.15, -0.1) is 5.10 Å². The first-order valence-electron chi connectivity index (χ1n) is 6.90. The molecule has 2 rings (SSSR count). The summed E-state index contributed by atoms with van der Waals surface area (Å²) in [5.41, 5.74) is 1.71. The van der Waals surface area contributed by atoms with Crippen LogP contribution in [0.5, 0.6) is 0 Å². The molecule has 1 heterocycles. The van der Waals surface area contributed by atoms with Crippen molar-refractivity contribution in [3.63, 3.8) is 0 Å². The predicted octanol–water partition coefficient (Wildman–Crippen LogP) is 2.56. The summed E-state index contributed by atoms with van der Waals surface area (Å²) in [5.74, 6) is -0.382. The molecule has 0 radical (unpaired) electrons. The summed E-state index contributed by atoms with van der Waals surface area (Å²) >= 11 is 0. The summed E-state index contributed by atoms with van der Waals surface area (Å²) in [6.45, 7) is 6.41. The molecular formula is C14H21N3O2. The molecule has 1 aromatic rings. The lowest BCUT2D eigenvalue weighted by Gasteiger charge is -2.29. The number of aromatic nitrogens is 2. The van der Waals surface area contributed by atoms with E-state index in [9.17, 15) is 9.90 Å². The largest absolute Gasteiger partial charge is 0.478 e. The lowest BCUT2D eigenvalue weighted by atomic mass is 10.1. The van der Waals surface area contributed by atoms with Gasteiger partial charge in [-0.05, 0) is 39.2 Å². The number of rotatable bonds is 4. The van der Waals surface area contributed by atoms with Crippen LogP contribution in [-0.4, -0.2) is 33.9 Å². The molecule has 0 bridgehead atoms. The fraction of sp³-hybridized carbons (Fsp3) is 0.643. The predicted molar refractivity (Wildman–Crippen MR) is 73.7 cm³/mol. The number of nitrogens with zero attached hydrogens (tertiary/aromatic N) is 3. The molecule has 0 spiro atoms. The van der Waals surface area contributed by atoms with E-state index < -0.39 is 5.97 Å². The minimum Gasteiger partial charge on any atom is -0.478 e. The molecule has 0 aromatic carbocycles. The Labute approximate surface area is 113 Å². The van der Waals surface area contributed by atoms with Gasteiger partial charge < -0.3 is 10.0 Å². The number of hydrogen-bond donors (Lipinski definition) is 1. The molecule has 0 atom stereocenters. The second kappa shape index (κ2) is 5.55. The van der Waals surface area contributed by atoms with Crippen LogP contribution in [0.15, 0.2) is 0 Å². The quantitative estimate of drug-likeness (QED) is 0.904. The summed E-state index contributed by atoms with van der Waals surface area (Å²) in [4.78, 5) is 13.6. The fourth-order valence-corrected chi connectivity index (χ4v) is 2.85. The van der Waals surface area contributed by atoms with Crippen LogP contribution in [0.4, 0.5) is 5.82 Å². The van der Waals surface area contributed by atoms with Crippen LogP contribution in [0.1, 0.15) is 54.2 Å². The van der Waals surface area contributed by atoms with Gasteiger partial charge in [-0.2, -0.15) is 5.10 Å². The van der Waals surface area contributed by atoms with Gasteiger partial charge in [0.1, 0.15) is 5.56 Å². The van der Waals surface area contributed by atoms with E-state index in [4.69, 9.17) is 0 Å². The Hall–Kier alpha value is -1.65. The number of anilines is 1. The molecule has 5 nitrogen and oxygen atoms in total. The van der Waals surface area contributed by atoms with Gasteiger partial charge in [0.15, 0.2) is 5.82 Å². The summed E-state index contributed by atoms with van der Waals surface area (Å²) in [6, 6.07) is 0.402. The number of carbonyl (C=O) groups is 1. The Bertz CT molecular complexity index is 482. The van der Waals surface area contributed by atoms with Crippen molar-refractivity contribution >= 4 is 11.8 Å². The third-order valence-corrected chi connectivity index (χ3v) is 4.03. The Morgan fingerprint density at radius 3 is 2.47 bits per heavy atom. The highest BCUT2D eigenvalue weighted by Crippen LogP contribution is 2.30. The molecule has 5 heteroatoms. The van der Waals surface area contributed by atoms with Crippen LogP contribution < -0.4 is 4.90 Å². The third kappa shape index (κ3) is 2.55. The van der Waals surface area contributed by atoms with Crippen LogP contribution in [0.2, 0.25) is 0 Å². The van der Waals surface area contributed by atoms with Crippen molar-refractivity contribution in [2.24, 2.45) is 0 Å². The van der Waals surface area contributed by atoms with Crippen molar-refractivity contribution in [3.8, 4) is 0 Å². The maximum Gasteiger partial charge on any atom is 0.339 e. The van der Waals surface area contributed by atoms with E-state index in [2.05, 4.69) is 15.1 Å². The van der Waals surface area contributed by atoms with Crippen molar-refractivity contribution in [3.05, 3.63) is 16.8 Å². The molecule has 1 aliphatic carbocycles. The fourth-order valence-electron chi connectivity index (χ4n) is 2.85. The number of carboxylic acid groups (broad SMARTS) is 1. The molecule has 104 valence electrons. The van der Waals surface area contributed by atoms with Crippen LogP contribution in [0, 0.1) is 13.8 Å². The first-order valence-corrected chi connectivity index (χ1v) is 6.90. The average Bonchev–Trinajstić information content (AvgIpc) is 2.88. The molecule has 1 aromatic heterocycles. The Morgan fingerprint density at radius 1 is 1.32 bits per heavy atom. The Balaban J connectivity index is 2.47. The minimum absolute atomic E-state index is 0.307. The highest BCUT2D eigenvalue weighted by Gasteiger charge is 2.28. The third-order valence-electron chi connectivity index (χ3n) is 4.03. The SMILES string of the molecule is CCN(c1nnc(C)c(C)c1C(=O)O)C1CCCC1. The van der Waals surface area contributed by atoms with Crippen LogP contribution in [0.25, 0.3) is 0 Å². The molecule has 0 unspecified atom stereocenters. The number of aromatic carboxylic acids is 1. The molecule has 0 saturated heterocycles. The molecule has 1 saturated carbocycles. The van der Waals surface area contributed by atoms with Crippen LogP contribution in [-0.2, 0) is 0 Å². The lowest BCUT2D eigenvalue weighted by Crippen LogP contribution is -2.35. The summed E-state index contributed by atoms with van der Waals surface area (Å²) in [5, 5.41) is 17.7. The second-order valence-electron chi connectivity index (χ2n) is 5.14. The highest BCUT2D eigenvalue weighted by molar-refractivity contribution is 5.95. The smallest absolute Gasteiger partial charge is 0.339 e. The van der Waals surface area contributed by atoms with E-state index in [0.29, 0.717) is 28.7 Å². The average molecular weight is 263 g/mol. The van der Waals surface area contributed by atoms with Gasteiger partial charge in [0.2, 0.25) is 0 Å². The minimum atomic E-state index is -0.915. The van der Waals surface area contributed by atoms with Gasteiger partial charge in [-0.3, -0.25) is 0 Å². The Kier molecular flexibility index (Phi) is 4.02. The van der Waals surface area contributed by atoms with Gasteiger partial charge >= 0.3 is 5.97 Å². The van der Waals surface area contributed by atoms with E-state index in [1.54, 1.807) is 13.8 Å². The van der Waals surface area contributed by atoms with Gasteiger partial charge in [0.05, 0.1) is 5.69 Å². The zero-order chi connectivity index (χ0) is 14.0. The number of hydrogen-bond acceptors (Lipinski definition) is 4. The zero-order valence-electron chi connectivity index (χ0n) is 11.8. The lowest BCUT2D eigenvalue weighted by molar-refractivity contribution is 0.0696. The first kappa shape index (κ1) is 13.8. The van der Waals surface area contributed by atoms with E-state index in [0.717, 1.165) is 19.4 Å². The van der Waals surface area contributed by atoms with Crippen molar-refractivity contribution in [1.29, 1.82) is 0 Å². The summed E-state index contributed by atoms with van der Waals surface area (Å²) in [6.07, 6.45) is 4.65. The maximum absolute atomic E-state index is 11.5. The standard InChI is InChI=1S/C14H21N3O2/c1-4-17(11-7-5-6-8-11)13-12(14(18)19)9(2)10(3)15-16-13/h11H,4-8H2,1-3H3,(H,18,19). The van der Waals surface area contributed by atoms with Crippen molar-refractivity contribution in [1.82, 2.24) is 10.2 Å². The maximum atomic E-state index is 11.5. The molecule has 19 heavy (non-hydrogen) atoms. The normalized spacial score (nSPS) is 15.7. The molecule has 0 amide bonds. The van der Waals surface area contributed by atoms with Crippen LogP contribution in [0.3, 0.4) is 0 Å². The monoisotopic (exact) mass is 263 g/mol. The van der Waals surface area contributed by atoms with Crippen molar-refractivity contribution < 1.29 is 9.90 Å². The van der Waals surface area contributed by atoms with Crippen molar-refractivity contribution in [2.45, 2.75) is 52.5 Å². The molecule has 1 N–H and O–H groups in total. The van der Waals surface area contributed by atoms with Crippen molar-refractivity contribution in [2.75, 3.05) is 11.4 Å². The Morgan fingerprint density at radius 2 is 1.95 bits per heavy atom. The van der Waals surface area contributed by atoms with Gasteiger partial charge in [0.25, 0.3) is 0 Å². The number of carboxylic acids is 1. The van der Waals surface area contributed by atoms with E-state index in [1.165, 1.54) is 12.8 Å². The van der Waals surface area contributed by atoms with E-state index >= 15 is 0 Å². The first-order chi connectivity index (χ1) is 9.06. The zero-order valence-corrected chi connectivity index (χ0v) is 11.8. The van der Waals surface area contributed by atoms with Gasteiger partial charge in [-0.1, -0.05) is 12.8 Å². The van der Waals surface area contributed by atoms with E-state index in [1.807, 2.05) is 6.92 Å². The summed E-state index contributed by atoms with van der Waals surface area (Å²) in [7, 11) is 0. The molecule has 0 aliphatic heterocycles.